The zero-order valence-electron chi connectivity index (χ0n) is 9.93. The van der Waals surface area contributed by atoms with Crippen molar-refractivity contribution >= 4 is 10.0 Å². The van der Waals surface area contributed by atoms with Gasteiger partial charge in [0.1, 0.15) is 0 Å². The van der Waals surface area contributed by atoms with Crippen molar-refractivity contribution in [1.29, 1.82) is 0 Å². The molecule has 17 heavy (non-hydrogen) atoms. The topological polar surface area (TPSA) is 55.8 Å². The smallest absolute Gasteiger partial charge is 0.214 e. The van der Waals surface area contributed by atoms with E-state index in [1.165, 1.54) is 0 Å². The molecule has 1 aliphatic carbocycles. The molecule has 0 aromatic heterocycles. The Morgan fingerprint density at radius 3 is 2.59 bits per heavy atom. The van der Waals surface area contributed by atoms with E-state index in [1.54, 1.807) is 4.31 Å². The molecule has 0 amide bonds. The van der Waals surface area contributed by atoms with Crippen molar-refractivity contribution in [3.63, 3.8) is 0 Å². The van der Waals surface area contributed by atoms with Crippen molar-refractivity contribution < 1.29 is 17.9 Å². The Morgan fingerprint density at radius 1 is 1.24 bits per heavy atom. The second kappa shape index (κ2) is 4.19. The van der Waals surface area contributed by atoms with Crippen LogP contribution in [0.15, 0.2) is 0 Å². The molecule has 0 unspecified atom stereocenters. The third kappa shape index (κ3) is 2.50. The van der Waals surface area contributed by atoms with Crippen molar-refractivity contribution in [2.24, 2.45) is 5.92 Å². The van der Waals surface area contributed by atoms with E-state index in [0.29, 0.717) is 38.0 Å². The standard InChI is InChI=1S/C11H19NO4S/c13-17(14,8-10-2-3-10)12-5-1-4-11(9-12)15-6-7-16-11/h10H,1-9H2. The summed E-state index contributed by atoms with van der Waals surface area (Å²) in [5, 5.41) is 0. The summed E-state index contributed by atoms with van der Waals surface area (Å²) >= 11 is 0. The molecular weight excluding hydrogens is 242 g/mol. The highest BCUT2D eigenvalue weighted by molar-refractivity contribution is 7.89. The third-order valence-corrected chi connectivity index (χ3v) is 5.72. The molecule has 3 aliphatic rings. The van der Waals surface area contributed by atoms with Gasteiger partial charge in [-0.05, 0) is 25.2 Å². The molecule has 0 aromatic rings. The largest absolute Gasteiger partial charge is 0.346 e. The predicted molar refractivity (Wildman–Crippen MR) is 62.0 cm³/mol. The summed E-state index contributed by atoms with van der Waals surface area (Å²) in [7, 11) is -3.11. The van der Waals surface area contributed by atoms with E-state index in [4.69, 9.17) is 9.47 Å². The Bertz CT molecular complexity index is 384. The van der Waals surface area contributed by atoms with E-state index >= 15 is 0 Å². The van der Waals surface area contributed by atoms with Crippen LogP contribution >= 0.6 is 0 Å². The first-order valence-corrected chi connectivity index (χ1v) is 7.96. The maximum Gasteiger partial charge on any atom is 0.214 e. The molecule has 2 heterocycles. The maximum absolute atomic E-state index is 12.2. The lowest BCUT2D eigenvalue weighted by molar-refractivity contribution is -0.179. The van der Waals surface area contributed by atoms with Gasteiger partial charge in [0.15, 0.2) is 5.79 Å². The quantitative estimate of drug-likeness (QED) is 0.745. The van der Waals surface area contributed by atoms with Crippen molar-refractivity contribution in [1.82, 2.24) is 4.31 Å². The monoisotopic (exact) mass is 261 g/mol. The van der Waals surface area contributed by atoms with Gasteiger partial charge in [0, 0.05) is 13.0 Å². The van der Waals surface area contributed by atoms with Crippen molar-refractivity contribution in [3.05, 3.63) is 0 Å². The number of hydrogen-bond acceptors (Lipinski definition) is 4. The van der Waals surface area contributed by atoms with Gasteiger partial charge in [0.25, 0.3) is 0 Å². The average molecular weight is 261 g/mol. The lowest BCUT2D eigenvalue weighted by atomic mass is 10.1. The Morgan fingerprint density at radius 2 is 1.94 bits per heavy atom. The van der Waals surface area contributed by atoms with E-state index < -0.39 is 15.8 Å². The van der Waals surface area contributed by atoms with E-state index in [9.17, 15) is 8.42 Å². The molecule has 0 radical (unpaired) electrons. The Labute approximate surface area is 102 Å². The van der Waals surface area contributed by atoms with E-state index in [1.807, 2.05) is 0 Å². The number of rotatable bonds is 3. The first kappa shape index (κ1) is 11.9. The summed E-state index contributed by atoms with van der Waals surface area (Å²) in [6, 6.07) is 0. The van der Waals surface area contributed by atoms with Crippen LogP contribution in [-0.2, 0) is 19.5 Å². The number of sulfonamides is 1. The van der Waals surface area contributed by atoms with Crippen LogP contribution in [0.4, 0.5) is 0 Å². The Kier molecular flexibility index (Phi) is 2.93. The number of piperidine rings is 1. The molecule has 2 aliphatic heterocycles. The Hall–Kier alpha value is -0.170. The zero-order valence-corrected chi connectivity index (χ0v) is 10.7. The van der Waals surface area contributed by atoms with Gasteiger partial charge >= 0.3 is 0 Å². The molecule has 1 saturated carbocycles. The molecule has 2 saturated heterocycles. The third-order valence-electron chi connectivity index (χ3n) is 3.73. The normalized spacial score (nSPS) is 29.9. The molecule has 3 fully saturated rings. The van der Waals surface area contributed by atoms with Gasteiger partial charge in [-0.25, -0.2) is 8.42 Å². The van der Waals surface area contributed by atoms with Crippen LogP contribution < -0.4 is 0 Å². The van der Waals surface area contributed by atoms with Gasteiger partial charge in [0.2, 0.25) is 10.0 Å². The fourth-order valence-electron chi connectivity index (χ4n) is 2.61. The highest BCUT2D eigenvalue weighted by Gasteiger charge is 2.44. The van der Waals surface area contributed by atoms with Gasteiger partial charge in [0.05, 0.1) is 25.5 Å². The second-order valence-corrected chi connectivity index (χ2v) is 7.28. The molecule has 0 N–H and O–H groups in total. The van der Waals surface area contributed by atoms with Crippen molar-refractivity contribution in [2.75, 3.05) is 32.1 Å². The van der Waals surface area contributed by atoms with E-state index in [0.717, 1.165) is 25.7 Å². The van der Waals surface area contributed by atoms with Crippen LogP contribution in [0.3, 0.4) is 0 Å². The molecular formula is C11H19NO4S. The zero-order chi connectivity index (χ0) is 11.9. The molecule has 0 atom stereocenters. The SMILES string of the molecule is O=S(=O)(CC1CC1)N1CCCC2(C1)OCCO2. The summed E-state index contributed by atoms with van der Waals surface area (Å²) in [6.07, 6.45) is 3.75. The van der Waals surface area contributed by atoms with E-state index in [2.05, 4.69) is 0 Å². The molecule has 3 rings (SSSR count). The van der Waals surface area contributed by atoms with Crippen LogP contribution in [0.25, 0.3) is 0 Å². The molecule has 98 valence electrons. The van der Waals surface area contributed by atoms with E-state index in [-0.39, 0.29) is 0 Å². The fourth-order valence-corrected chi connectivity index (χ4v) is 4.55. The first-order chi connectivity index (χ1) is 8.10. The molecule has 6 heteroatoms. The maximum atomic E-state index is 12.2. The molecule has 0 aromatic carbocycles. The lowest BCUT2D eigenvalue weighted by Gasteiger charge is -2.37. The fraction of sp³-hybridized carbons (Fsp3) is 1.00. The summed E-state index contributed by atoms with van der Waals surface area (Å²) < 4.78 is 37.1. The second-order valence-electron chi connectivity index (χ2n) is 5.27. The highest BCUT2D eigenvalue weighted by Crippen LogP contribution is 2.35. The number of nitrogens with zero attached hydrogens (tertiary/aromatic N) is 1. The van der Waals surface area contributed by atoms with Gasteiger partial charge in [-0.2, -0.15) is 4.31 Å². The van der Waals surface area contributed by atoms with Crippen LogP contribution in [0.2, 0.25) is 0 Å². The van der Waals surface area contributed by atoms with Gasteiger partial charge < -0.3 is 9.47 Å². The number of ether oxygens (including phenoxy) is 2. The van der Waals surface area contributed by atoms with Crippen LogP contribution in [0.5, 0.6) is 0 Å². The summed E-state index contributed by atoms with van der Waals surface area (Å²) in [5.74, 6) is 0.0566. The average Bonchev–Trinajstić information content (AvgIpc) is 2.98. The van der Waals surface area contributed by atoms with Gasteiger partial charge in [-0.3, -0.25) is 0 Å². The van der Waals surface area contributed by atoms with Crippen LogP contribution in [-0.4, -0.2) is 50.6 Å². The minimum Gasteiger partial charge on any atom is -0.346 e. The summed E-state index contributed by atoms with van der Waals surface area (Å²) in [6.45, 7) is 2.15. The molecule has 1 spiro atoms. The van der Waals surface area contributed by atoms with Gasteiger partial charge in [-0.15, -0.1) is 0 Å². The van der Waals surface area contributed by atoms with Crippen molar-refractivity contribution in [3.8, 4) is 0 Å². The van der Waals surface area contributed by atoms with Crippen molar-refractivity contribution in [2.45, 2.75) is 31.5 Å². The minimum atomic E-state index is -3.11. The summed E-state index contributed by atoms with van der Waals surface area (Å²) in [5.41, 5.74) is 0. The number of hydrogen-bond donors (Lipinski definition) is 0. The highest BCUT2D eigenvalue weighted by atomic mass is 32.2. The summed E-state index contributed by atoms with van der Waals surface area (Å²) in [4.78, 5) is 0. The van der Waals surface area contributed by atoms with Gasteiger partial charge in [-0.1, -0.05) is 0 Å². The van der Waals surface area contributed by atoms with Crippen LogP contribution in [0, 0.1) is 5.92 Å². The predicted octanol–water partition coefficient (Wildman–Crippen LogP) is 0.565. The molecule has 5 nitrogen and oxygen atoms in total. The lowest BCUT2D eigenvalue weighted by Crippen LogP contribution is -2.51. The first-order valence-electron chi connectivity index (χ1n) is 6.35. The Balaban J connectivity index is 1.70. The van der Waals surface area contributed by atoms with Crippen LogP contribution in [0.1, 0.15) is 25.7 Å². The molecule has 0 bridgehead atoms. The minimum absolute atomic E-state index is 0.309.